The lowest BCUT2D eigenvalue weighted by molar-refractivity contribution is -0.361. The largest absolute Gasteiger partial charge is 0.432 e. The molecule has 7 fully saturated rings. The van der Waals surface area contributed by atoms with Crippen molar-refractivity contribution < 1.29 is 94.5 Å². The van der Waals surface area contributed by atoms with Gasteiger partial charge in [0.2, 0.25) is 6.29 Å². The monoisotopic (exact) mass is 959 g/mol. The minimum Gasteiger partial charge on any atom is -0.432 e. The maximum Gasteiger partial charge on any atom is 0.315 e. The molecule has 25 atom stereocenters. The number of hydrogen-bond acceptors (Lipinski definition) is 19. The van der Waals surface area contributed by atoms with Gasteiger partial charge in [-0.25, -0.2) is 0 Å². The van der Waals surface area contributed by atoms with Crippen LogP contribution in [0.2, 0.25) is 0 Å². The highest BCUT2D eigenvalue weighted by Gasteiger charge is 2.72. The molecule has 4 saturated carbocycles. The zero-order valence-electron chi connectivity index (χ0n) is 40.0. The van der Waals surface area contributed by atoms with Gasteiger partial charge in [0, 0.05) is 0 Å². The molecule has 384 valence electrons. The fourth-order valence-corrected chi connectivity index (χ4v) is 15.1. The molecule has 19 nitrogen and oxygen atoms in total. The number of allylic oxidation sites excluding steroid dienone is 2. The van der Waals surface area contributed by atoms with Crippen LogP contribution in [0.15, 0.2) is 11.6 Å². The van der Waals surface area contributed by atoms with E-state index in [0.717, 1.165) is 5.57 Å². The second-order valence-corrected chi connectivity index (χ2v) is 23.8. The van der Waals surface area contributed by atoms with Gasteiger partial charge in [-0.3, -0.25) is 4.79 Å². The molecule has 19 heteroatoms. The zero-order chi connectivity index (χ0) is 49.3. The summed E-state index contributed by atoms with van der Waals surface area (Å²) in [4.78, 5) is 15.0. The zero-order valence-corrected chi connectivity index (χ0v) is 40.0. The van der Waals surface area contributed by atoms with E-state index in [4.69, 9.17) is 28.4 Å². The number of hydrogen-bond donors (Lipinski definition) is 12. The summed E-state index contributed by atoms with van der Waals surface area (Å²) in [6.07, 6.45) is -20.5. The van der Waals surface area contributed by atoms with Crippen molar-refractivity contribution in [3.8, 4) is 0 Å². The van der Waals surface area contributed by atoms with Crippen LogP contribution in [0.1, 0.15) is 107 Å². The molecule has 12 N–H and O–H groups in total. The van der Waals surface area contributed by atoms with Crippen LogP contribution in [0.25, 0.3) is 0 Å². The van der Waals surface area contributed by atoms with E-state index in [2.05, 4.69) is 40.7 Å². The third-order valence-electron chi connectivity index (χ3n) is 19.1. The highest BCUT2D eigenvalue weighted by atomic mass is 16.8. The standard InChI is InChI=1S/C48H78O19/c1-20-28(52)30(54)33(57)40(63-20)66-36-25(18-49)64-39(35(59)32(36)56)62-19-26-29(53)31(55)34(58)41(65-26)67-42(61)48-13-11-43(2,3)15-22(48)21-9-10-27-45(6)16-24(51)38(60)44(4,5)37(45)23(50)17-47(27,8)46(21,7)12-14-48/h9,20,22-41,49-60H,10-19H2,1-8H3/t20-,22-,23+,24+,25+,26+,27+,28-,29+,30+,31-,32+,33+,34+,35+,36+,37-,38-,39+,40-,41-,45+,46+,47+,48-/m0/s1. The van der Waals surface area contributed by atoms with Crippen LogP contribution in [-0.2, 0) is 33.2 Å². The maximum atomic E-state index is 15.0. The molecule has 5 aliphatic carbocycles. The van der Waals surface area contributed by atoms with Gasteiger partial charge >= 0.3 is 5.97 Å². The third kappa shape index (κ3) is 8.10. The maximum absolute atomic E-state index is 15.0. The van der Waals surface area contributed by atoms with Gasteiger partial charge in [0.15, 0.2) is 12.6 Å². The van der Waals surface area contributed by atoms with Crippen molar-refractivity contribution >= 4 is 5.97 Å². The predicted molar refractivity (Wildman–Crippen MR) is 232 cm³/mol. The summed E-state index contributed by atoms with van der Waals surface area (Å²) < 4.78 is 34.7. The Kier molecular flexibility index (Phi) is 13.9. The molecule has 3 heterocycles. The molecule has 8 rings (SSSR count). The Labute approximate surface area is 392 Å². The van der Waals surface area contributed by atoms with Crippen LogP contribution < -0.4 is 0 Å². The Balaban J connectivity index is 0.987. The lowest BCUT2D eigenvalue weighted by atomic mass is 9.33. The Bertz CT molecular complexity index is 1850. The number of aliphatic hydroxyl groups is 12. The summed E-state index contributed by atoms with van der Waals surface area (Å²) in [5.74, 6) is -1.10. The van der Waals surface area contributed by atoms with Crippen molar-refractivity contribution in [3.05, 3.63) is 11.6 Å². The van der Waals surface area contributed by atoms with E-state index in [-0.39, 0.29) is 23.2 Å². The molecule has 0 bridgehead atoms. The Morgan fingerprint density at radius 3 is 1.96 bits per heavy atom. The molecule has 0 spiro atoms. The Morgan fingerprint density at radius 1 is 0.672 bits per heavy atom. The summed E-state index contributed by atoms with van der Waals surface area (Å²) in [6, 6.07) is 0. The Morgan fingerprint density at radius 2 is 1.28 bits per heavy atom. The van der Waals surface area contributed by atoms with Crippen molar-refractivity contribution in [2.45, 2.75) is 217 Å². The van der Waals surface area contributed by atoms with Gasteiger partial charge in [0.1, 0.15) is 67.1 Å². The molecular formula is C48H78O19. The molecular weight excluding hydrogens is 881 g/mol. The topological polar surface area (TPSA) is 315 Å². The summed E-state index contributed by atoms with van der Waals surface area (Å²) >= 11 is 0. The third-order valence-corrected chi connectivity index (χ3v) is 19.1. The van der Waals surface area contributed by atoms with Gasteiger partial charge in [-0.15, -0.1) is 0 Å². The summed E-state index contributed by atoms with van der Waals surface area (Å²) in [5, 5.41) is 131. The van der Waals surface area contributed by atoms with Gasteiger partial charge < -0.3 is 89.7 Å². The van der Waals surface area contributed by atoms with E-state index in [1.807, 2.05) is 13.8 Å². The van der Waals surface area contributed by atoms with E-state index in [9.17, 15) is 66.1 Å². The number of ether oxygens (including phenoxy) is 6. The van der Waals surface area contributed by atoms with Crippen LogP contribution in [0.5, 0.6) is 0 Å². The van der Waals surface area contributed by atoms with Gasteiger partial charge in [-0.1, -0.05) is 60.1 Å². The molecule has 67 heavy (non-hydrogen) atoms. The quantitative estimate of drug-likeness (QED) is 0.104. The minimum absolute atomic E-state index is 0.0603. The molecule has 0 unspecified atom stereocenters. The average molecular weight is 959 g/mol. The lowest BCUT2D eigenvalue weighted by Gasteiger charge is -2.72. The molecule has 0 amide bonds. The SMILES string of the molecule is C[C@@H]1O[C@@H](O[C@H]2[C@H](O)[C@@H](O)[C@H](OC[C@H]3O[C@@H](OC(=O)[C@]45CCC(C)(C)C[C@H]4C4=CC[C@@H]6[C@@]7(C)C[C@@H](O)[C@H](O)C(C)(C)[C@@H]7[C@H](O)C[C@@]6(C)[C@]4(C)CC5)[C@H](O)[C@@H](O)[C@@H]3O)O[C@@H]2CO)[C@H](O)[C@H](O)[C@H]1O. The van der Waals surface area contributed by atoms with Crippen molar-refractivity contribution in [1.82, 2.24) is 0 Å². The van der Waals surface area contributed by atoms with Crippen LogP contribution >= 0.6 is 0 Å². The van der Waals surface area contributed by atoms with E-state index in [1.165, 1.54) is 6.92 Å². The summed E-state index contributed by atoms with van der Waals surface area (Å²) in [7, 11) is 0. The molecule has 0 aromatic carbocycles. The first-order valence-corrected chi connectivity index (χ1v) is 24.3. The Hall–Kier alpha value is -1.47. The number of fused-ring (bicyclic) bond motifs is 7. The first-order chi connectivity index (χ1) is 31.1. The van der Waals surface area contributed by atoms with E-state index in [1.54, 1.807) is 0 Å². The fraction of sp³-hybridized carbons (Fsp3) is 0.938. The molecule has 3 aliphatic heterocycles. The van der Waals surface area contributed by atoms with Crippen molar-refractivity contribution in [1.29, 1.82) is 0 Å². The van der Waals surface area contributed by atoms with E-state index in [0.29, 0.717) is 51.4 Å². The molecule has 0 aromatic heterocycles. The van der Waals surface area contributed by atoms with Gasteiger partial charge in [0.05, 0.1) is 43.0 Å². The summed E-state index contributed by atoms with van der Waals surface area (Å²) in [5.41, 5.74) is -2.20. The van der Waals surface area contributed by atoms with Crippen LogP contribution in [0.4, 0.5) is 0 Å². The van der Waals surface area contributed by atoms with Gasteiger partial charge in [0.25, 0.3) is 0 Å². The smallest absolute Gasteiger partial charge is 0.315 e. The first-order valence-electron chi connectivity index (χ1n) is 24.3. The lowest BCUT2D eigenvalue weighted by Crippen LogP contribution is -2.70. The van der Waals surface area contributed by atoms with Crippen molar-refractivity contribution in [3.63, 3.8) is 0 Å². The average Bonchev–Trinajstić information content (AvgIpc) is 3.25. The second kappa shape index (κ2) is 17.9. The molecule has 0 radical (unpaired) electrons. The van der Waals surface area contributed by atoms with E-state index >= 15 is 0 Å². The van der Waals surface area contributed by atoms with Gasteiger partial charge in [-0.05, 0) is 103 Å². The number of carbonyl (C=O) groups is 1. The van der Waals surface area contributed by atoms with Gasteiger partial charge in [-0.2, -0.15) is 0 Å². The minimum atomic E-state index is -1.87. The predicted octanol–water partition coefficient (Wildman–Crippen LogP) is -0.890. The molecule has 8 aliphatic rings. The first kappa shape index (κ1) is 51.9. The molecule has 0 aromatic rings. The van der Waals surface area contributed by atoms with Crippen LogP contribution in [0, 0.1) is 50.2 Å². The highest BCUT2D eigenvalue weighted by molar-refractivity contribution is 5.79. The van der Waals surface area contributed by atoms with Crippen molar-refractivity contribution in [2.24, 2.45) is 50.2 Å². The number of esters is 1. The number of aliphatic hydroxyl groups excluding tert-OH is 12. The summed E-state index contributed by atoms with van der Waals surface area (Å²) in [6.45, 7) is 14.9. The van der Waals surface area contributed by atoms with Crippen LogP contribution in [0.3, 0.4) is 0 Å². The number of carbonyl (C=O) groups excluding carboxylic acids is 1. The number of rotatable bonds is 8. The van der Waals surface area contributed by atoms with Crippen LogP contribution in [-0.4, -0.2) is 191 Å². The van der Waals surface area contributed by atoms with E-state index < -0.39 is 157 Å². The fourth-order valence-electron chi connectivity index (χ4n) is 15.1. The van der Waals surface area contributed by atoms with Crippen molar-refractivity contribution in [2.75, 3.05) is 13.2 Å². The normalized spacial score (nSPS) is 54.9. The highest BCUT2D eigenvalue weighted by Crippen LogP contribution is 2.76. The second-order valence-electron chi connectivity index (χ2n) is 23.8. The molecule has 3 saturated heterocycles.